The molecule has 7 nitrogen and oxygen atoms in total. The summed E-state index contributed by atoms with van der Waals surface area (Å²) in [5, 5.41) is 5.65. The number of hydrogen-bond acceptors (Lipinski definition) is 4. The number of nitrogens with zero attached hydrogens (tertiary/aromatic N) is 1. The Labute approximate surface area is 195 Å². The van der Waals surface area contributed by atoms with Crippen LogP contribution in [0.1, 0.15) is 57.1 Å². The van der Waals surface area contributed by atoms with Crippen LogP contribution in [0.25, 0.3) is 0 Å². The standard InChI is InChI=1S/C26H33N3O4/c1-4-6-16-27-24(30)23-18(3)20-14-10-11-15-22(20)29(23)25(31)21(5-2)28-26(32)33-17-19-12-8-7-9-13-19/h7-15,18,21,23H,4-6,16-17H2,1-3H3,(H,27,30)(H,28,32)/t18-,21-,23+/m0/s1. The van der Waals surface area contributed by atoms with Gasteiger partial charge in [0.05, 0.1) is 0 Å². The second-order valence-electron chi connectivity index (χ2n) is 8.31. The van der Waals surface area contributed by atoms with Gasteiger partial charge in [-0.2, -0.15) is 0 Å². The van der Waals surface area contributed by atoms with Crippen LogP contribution in [0.4, 0.5) is 10.5 Å². The molecule has 2 N–H and O–H groups in total. The summed E-state index contributed by atoms with van der Waals surface area (Å²) < 4.78 is 5.30. The molecule has 0 aromatic heterocycles. The fraction of sp³-hybridized carbons (Fsp3) is 0.423. The minimum absolute atomic E-state index is 0.114. The first-order chi connectivity index (χ1) is 16.0. The Kier molecular flexibility index (Phi) is 8.46. The molecule has 0 spiro atoms. The van der Waals surface area contributed by atoms with Gasteiger partial charge in [0.15, 0.2) is 0 Å². The van der Waals surface area contributed by atoms with E-state index in [2.05, 4.69) is 17.6 Å². The molecular weight excluding hydrogens is 418 g/mol. The minimum atomic E-state index is -0.808. The first-order valence-electron chi connectivity index (χ1n) is 11.6. The third-order valence-electron chi connectivity index (χ3n) is 5.99. The number of ether oxygens (including phenoxy) is 1. The van der Waals surface area contributed by atoms with Gasteiger partial charge in [-0.05, 0) is 30.0 Å². The summed E-state index contributed by atoms with van der Waals surface area (Å²) in [7, 11) is 0. The van der Waals surface area contributed by atoms with Crippen LogP contribution in [0, 0.1) is 0 Å². The fourth-order valence-electron chi connectivity index (χ4n) is 4.14. The van der Waals surface area contributed by atoms with Crippen LogP contribution in [0.5, 0.6) is 0 Å². The van der Waals surface area contributed by atoms with Crippen molar-refractivity contribution in [2.45, 2.75) is 64.6 Å². The number of para-hydroxylation sites is 1. The van der Waals surface area contributed by atoms with Crippen molar-refractivity contribution in [3.63, 3.8) is 0 Å². The fourth-order valence-corrected chi connectivity index (χ4v) is 4.14. The van der Waals surface area contributed by atoms with Gasteiger partial charge in [0.2, 0.25) is 11.8 Å². The lowest BCUT2D eigenvalue weighted by atomic mass is 9.96. The molecule has 1 aliphatic heterocycles. The highest BCUT2D eigenvalue weighted by molar-refractivity contribution is 6.07. The molecule has 0 saturated carbocycles. The number of anilines is 1. The maximum absolute atomic E-state index is 13.6. The first-order valence-corrected chi connectivity index (χ1v) is 11.6. The van der Waals surface area contributed by atoms with E-state index in [0.29, 0.717) is 18.7 Å². The molecule has 3 atom stereocenters. The zero-order valence-electron chi connectivity index (χ0n) is 19.5. The number of amides is 3. The maximum atomic E-state index is 13.6. The van der Waals surface area contributed by atoms with E-state index in [4.69, 9.17) is 4.74 Å². The minimum Gasteiger partial charge on any atom is -0.445 e. The van der Waals surface area contributed by atoms with Crippen LogP contribution < -0.4 is 15.5 Å². The molecule has 176 valence electrons. The molecule has 0 saturated heterocycles. The average molecular weight is 452 g/mol. The summed E-state index contributed by atoms with van der Waals surface area (Å²) in [6, 6.07) is 15.4. The predicted molar refractivity (Wildman–Crippen MR) is 128 cm³/mol. The van der Waals surface area contributed by atoms with Crippen LogP contribution in [0.2, 0.25) is 0 Å². The van der Waals surface area contributed by atoms with Gasteiger partial charge < -0.3 is 15.4 Å². The van der Waals surface area contributed by atoms with Gasteiger partial charge in [-0.3, -0.25) is 14.5 Å². The van der Waals surface area contributed by atoms with Crippen molar-refractivity contribution >= 4 is 23.6 Å². The average Bonchev–Trinajstić information content (AvgIpc) is 3.14. The summed E-state index contributed by atoms with van der Waals surface area (Å²) in [4.78, 5) is 40.7. The molecular formula is C26H33N3O4. The molecule has 0 radical (unpaired) electrons. The molecule has 2 aromatic rings. The van der Waals surface area contributed by atoms with Crippen molar-refractivity contribution in [1.29, 1.82) is 0 Å². The van der Waals surface area contributed by atoms with Crippen LogP contribution >= 0.6 is 0 Å². The molecule has 33 heavy (non-hydrogen) atoms. The quantitative estimate of drug-likeness (QED) is 0.561. The lowest BCUT2D eigenvalue weighted by Gasteiger charge is -2.30. The van der Waals surface area contributed by atoms with Gasteiger partial charge in [-0.25, -0.2) is 4.79 Å². The molecule has 3 rings (SSSR count). The third kappa shape index (κ3) is 5.72. The van der Waals surface area contributed by atoms with E-state index in [1.54, 1.807) is 4.90 Å². The first kappa shape index (κ1) is 24.3. The molecule has 0 unspecified atom stereocenters. The number of hydrogen-bond donors (Lipinski definition) is 2. The number of fused-ring (bicyclic) bond motifs is 1. The molecule has 7 heteroatoms. The van der Waals surface area contributed by atoms with Crippen molar-refractivity contribution in [1.82, 2.24) is 10.6 Å². The zero-order chi connectivity index (χ0) is 23.8. The van der Waals surface area contributed by atoms with E-state index in [1.165, 1.54) is 0 Å². The van der Waals surface area contributed by atoms with E-state index in [-0.39, 0.29) is 24.3 Å². The van der Waals surface area contributed by atoms with Gasteiger partial charge >= 0.3 is 6.09 Å². The van der Waals surface area contributed by atoms with Crippen molar-refractivity contribution < 1.29 is 19.1 Å². The highest BCUT2D eigenvalue weighted by atomic mass is 16.5. The van der Waals surface area contributed by atoms with E-state index in [9.17, 15) is 14.4 Å². The number of nitrogens with one attached hydrogen (secondary N) is 2. The molecule has 2 aromatic carbocycles. The second-order valence-corrected chi connectivity index (χ2v) is 8.31. The monoisotopic (exact) mass is 451 g/mol. The topological polar surface area (TPSA) is 87.7 Å². The highest BCUT2D eigenvalue weighted by Gasteiger charge is 2.45. The van der Waals surface area contributed by atoms with E-state index in [0.717, 1.165) is 24.0 Å². The third-order valence-corrected chi connectivity index (χ3v) is 5.99. The second kappa shape index (κ2) is 11.5. The Balaban J connectivity index is 1.75. The number of unbranched alkanes of at least 4 members (excludes halogenated alkanes) is 1. The summed E-state index contributed by atoms with van der Waals surface area (Å²) in [5.41, 5.74) is 2.52. The van der Waals surface area contributed by atoms with Gasteiger partial charge in [-0.1, -0.05) is 75.7 Å². The van der Waals surface area contributed by atoms with Gasteiger partial charge in [0.1, 0.15) is 18.7 Å². The van der Waals surface area contributed by atoms with Gasteiger partial charge in [0, 0.05) is 18.2 Å². The Morgan fingerprint density at radius 2 is 1.73 bits per heavy atom. The number of benzene rings is 2. The SMILES string of the molecule is CCCCNC(=O)[C@H]1[C@@H](C)c2ccccc2N1C(=O)[C@H](CC)NC(=O)OCc1ccccc1. The van der Waals surface area contributed by atoms with E-state index in [1.807, 2.05) is 68.4 Å². The van der Waals surface area contributed by atoms with Crippen molar-refractivity contribution in [2.75, 3.05) is 11.4 Å². The van der Waals surface area contributed by atoms with Crippen molar-refractivity contribution in [2.24, 2.45) is 0 Å². The maximum Gasteiger partial charge on any atom is 0.408 e. The van der Waals surface area contributed by atoms with Crippen LogP contribution in [0.15, 0.2) is 54.6 Å². The Morgan fingerprint density at radius 1 is 1.03 bits per heavy atom. The summed E-state index contributed by atoms with van der Waals surface area (Å²) in [5.74, 6) is -0.655. The molecule has 1 heterocycles. The number of carbonyl (C=O) groups excluding carboxylic acids is 3. The summed E-state index contributed by atoms with van der Waals surface area (Å²) >= 11 is 0. The lowest BCUT2D eigenvalue weighted by molar-refractivity contribution is -0.127. The van der Waals surface area contributed by atoms with Crippen LogP contribution in [0.3, 0.4) is 0 Å². The van der Waals surface area contributed by atoms with Crippen LogP contribution in [-0.2, 0) is 20.9 Å². The van der Waals surface area contributed by atoms with E-state index >= 15 is 0 Å². The van der Waals surface area contributed by atoms with Gasteiger partial charge in [0.25, 0.3) is 0 Å². The Hall–Kier alpha value is -3.35. The highest BCUT2D eigenvalue weighted by Crippen LogP contribution is 2.41. The number of rotatable bonds is 9. The van der Waals surface area contributed by atoms with Crippen LogP contribution in [-0.4, -0.2) is 36.5 Å². The number of carbonyl (C=O) groups is 3. The zero-order valence-corrected chi connectivity index (χ0v) is 19.5. The summed E-state index contributed by atoms with van der Waals surface area (Å²) in [6.07, 6.45) is 1.55. The van der Waals surface area contributed by atoms with Crippen molar-refractivity contribution in [3.8, 4) is 0 Å². The lowest BCUT2D eigenvalue weighted by Crippen LogP contribution is -2.55. The smallest absolute Gasteiger partial charge is 0.408 e. The molecule has 0 fully saturated rings. The molecule has 1 aliphatic rings. The van der Waals surface area contributed by atoms with E-state index < -0.39 is 18.2 Å². The normalized spacial score (nSPS) is 17.7. The predicted octanol–water partition coefficient (Wildman–Crippen LogP) is 4.13. The summed E-state index contributed by atoms with van der Waals surface area (Å²) in [6.45, 7) is 6.52. The largest absolute Gasteiger partial charge is 0.445 e. The Morgan fingerprint density at radius 3 is 2.42 bits per heavy atom. The number of alkyl carbamates (subject to hydrolysis) is 1. The molecule has 3 amide bonds. The Bertz CT molecular complexity index is 963. The van der Waals surface area contributed by atoms with Gasteiger partial charge in [-0.15, -0.1) is 0 Å². The molecule has 0 bridgehead atoms. The molecule has 0 aliphatic carbocycles. The van der Waals surface area contributed by atoms with Crippen molar-refractivity contribution in [3.05, 3.63) is 65.7 Å².